The molecule has 0 saturated heterocycles. The van der Waals surface area contributed by atoms with Crippen LogP contribution in [0.5, 0.6) is 0 Å². The first-order valence-electron chi connectivity index (χ1n) is 4.13. The summed E-state index contributed by atoms with van der Waals surface area (Å²) in [6, 6.07) is 0.564. The van der Waals surface area contributed by atoms with Gasteiger partial charge in [-0.3, -0.25) is 0 Å². The Labute approximate surface area is 78.4 Å². The lowest BCUT2D eigenvalue weighted by molar-refractivity contribution is 0.549. The maximum atomic E-state index is 5.86. The molecule has 0 radical (unpaired) electrons. The van der Waals surface area contributed by atoms with Crippen LogP contribution in [0.1, 0.15) is 26.7 Å². The number of nitrogens with one attached hydrogen (secondary N) is 1. The van der Waals surface area contributed by atoms with Crippen LogP contribution in [0, 0.1) is 5.92 Å². The quantitative estimate of drug-likeness (QED) is 0.681. The van der Waals surface area contributed by atoms with E-state index in [9.17, 15) is 0 Å². The van der Waals surface area contributed by atoms with Gasteiger partial charge in [0.15, 0.2) is 0 Å². The molecule has 0 aromatic rings. The van der Waals surface area contributed by atoms with Gasteiger partial charge in [0.1, 0.15) is 4.33 Å². The predicted molar refractivity (Wildman–Crippen MR) is 50.3 cm³/mol. The average Bonchev–Trinajstić information content (AvgIpc) is 2.39. The standard InChI is InChI=1S/C8H15Cl2N/c1-6(2)11-4-3-7-5-8(7,9)10/h6-7,11H,3-5H2,1-2H3. The van der Waals surface area contributed by atoms with Gasteiger partial charge in [-0.25, -0.2) is 0 Å². The number of halogens is 2. The van der Waals surface area contributed by atoms with Crippen molar-refractivity contribution in [1.29, 1.82) is 0 Å². The third kappa shape index (κ3) is 3.18. The summed E-state index contributed by atoms with van der Waals surface area (Å²) in [5.41, 5.74) is 0. The van der Waals surface area contributed by atoms with Gasteiger partial charge in [0.05, 0.1) is 0 Å². The number of hydrogen-bond acceptors (Lipinski definition) is 1. The molecule has 1 saturated carbocycles. The first-order chi connectivity index (χ1) is 5.02. The zero-order chi connectivity index (χ0) is 8.48. The van der Waals surface area contributed by atoms with E-state index in [-0.39, 0.29) is 0 Å². The fraction of sp³-hybridized carbons (Fsp3) is 1.00. The number of hydrogen-bond donors (Lipinski definition) is 1. The molecule has 1 atom stereocenters. The molecule has 0 spiro atoms. The summed E-state index contributed by atoms with van der Waals surface area (Å²) in [6.45, 7) is 5.31. The van der Waals surface area contributed by atoms with Crippen molar-refractivity contribution in [3.05, 3.63) is 0 Å². The van der Waals surface area contributed by atoms with Crippen molar-refractivity contribution >= 4 is 23.2 Å². The van der Waals surface area contributed by atoms with Crippen LogP contribution in [0.15, 0.2) is 0 Å². The van der Waals surface area contributed by atoms with E-state index in [1.807, 2.05) is 0 Å². The average molecular weight is 196 g/mol. The van der Waals surface area contributed by atoms with E-state index < -0.39 is 4.33 Å². The summed E-state index contributed by atoms with van der Waals surface area (Å²) in [5, 5.41) is 3.34. The van der Waals surface area contributed by atoms with Crippen molar-refractivity contribution in [2.75, 3.05) is 6.54 Å². The number of rotatable bonds is 4. The Hall–Kier alpha value is 0.540. The molecule has 1 N–H and O–H groups in total. The molecule has 66 valence electrons. The molecule has 0 aromatic heterocycles. The molecular weight excluding hydrogens is 181 g/mol. The lowest BCUT2D eigenvalue weighted by Gasteiger charge is -2.06. The van der Waals surface area contributed by atoms with Crippen LogP contribution in [-0.4, -0.2) is 16.9 Å². The molecular formula is C8H15Cl2N. The fourth-order valence-electron chi connectivity index (χ4n) is 1.13. The van der Waals surface area contributed by atoms with Gasteiger partial charge in [0.2, 0.25) is 0 Å². The minimum absolute atomic E-state index is 0.390. The highest BCUT2D eigenvalue weighted by Crippen LogP contribution is 2.54. The van der Waals surface area contributed by atoms with Gasteiger partial charge in [0, 0.05) is 6.04 Å². The molecule has 11 heavy (non-hydrogen) atoms. The van der Waals surface area contributed by atoms with Crippen LogP contribution in [0.2, 0.25) is 0 Å². The molecule has 1 nitrogen and oxygen atoms in total. The van der Waals surface area contributed by atoms with Crippen LogP contribution in [-0.2, 0) is 0 Å². The van der Waals surface area contributed by atoms with Gasteiger partial charge in [-0.15, -0.1) is 23.2 Å². The predicted octanol–water partition coefficient (Wildman–Crippen LogP) is 2.57. The van der Waals surface area contributed by atoms with Crippen molar-refractivity contribution in [3.63, 3.8) is 0 Å². The highest BCUT2D eigenvalue weighted by Gasteiger charge is 2.50. The Balaban J connectivity index is 1.98. The molecule has 0 aromatic carbocycles. The molecule has 0 bridgehead atoms. The molecule has 1 unspecified atom stereocenters. The molecule has 0 heterocycles. The van der Waals surface area contributed by atoms with Gasteiger partial charge in [-0.1, -0.05) is 13.8 Å². The monoisotopic (exact) mass is 195 g/mol. The van der Waals surface area contributed by atoms with E-state index in [2.05, 4.69) is 19.2 Å². The second-order valence-electron chi connectivity index (χ2n) is 3.56. The Kier molecular flexibility index (Phi) is 3.07. The van der Waals surface area contributed by atoms with Crippen LogP contribution in [0.25, 0.3) is 0 Å². The van der Waals surface area contributed by atoms with Crippen molar-refractivity contribution in [3.8, 4) is 0 Å². The first kappa shape index (κ1) is 9.63. The summed E-state index contributed by atoms with van der Waals surface area (Å²) in [5.74, 6) is 0.525. The topological polar surface area (TPSA) is 12.0 Å². The van der Waals surface area contributed by atoms with Crippen LogP contribution >= 0.6 is 23.2 Å². The molecule has 0 amide bonds. The molecule has 1 aliphatic rings. The second kappa shape index (κ2) is 3.51. The minimum Gasteiger partial charge on any atom is -0.315 e. The largest absolute Gasteiger partial charge is 0.315 e. The normalized spacial score (nSPS) is 27.5. The zero-order valence-corrected chi connectivity index (χ0v) is 8.54. The first-order valence-corrected chi connectivity index (χ1v) is 4.89. The van der Waals surface area contributed by atoms with Crippen LogP contribution in [0.4, 0.5) is 0 Å². The Morgan fingerprint density at radius 1 is 1.55 bits per heavy atom. The Bertz CT molecular complexity index is 134. The van der Waals surface area contributed by atoms with Crippen molar-refractivity contribution in [2.24, 2.45) is 5.92 Å². The summed E-state index contributed by atoms with van der Waals surface area (Å²) in [4.78, 5) is 0. The van der Waals surface area contributed by atoms with Crippen molar-refractivity contribution < 1.29 is 0 Å². The summed E-state index contributed by atoms with van der Waals surface area (Å²) >= 11 is 11.7. The van der Waals surface area contributed by atoms with E-state index >= 15 is 0 Å². The van der Waals surface area contributed by atoms with E-state index in [0.29, 0.717) is 12.0 Å². The maximum Gasteiger partial charge on any atom is 0.121 e. The van der Waals surface area contributed by atoms with Gasteiger partial charge in [-0.2, -0.15) is 0 Å². The second-order valence-corrected chi connectivity index (χ2v) is 5.10. The molecule has 0 aliphatic heterocycles. The molecule has 1 fully saturated rings. The van der Waals surface area contributed by atoms with Crippen molar-refractivity contribution in [1.82, 2.24) is 5.32 Å². The lowest BCUT2D eigenvalue weighted by Crippen LogP contribution is -2.24. The zero-order valence-electron chi connectivity index (χ0n) is 7.03. The summed E-state index contributed by atoms with van der Waals surface area (Å²) in [6.07, 6.45) is 2.07. The van der Waals surface area contributed by atoms with E-state index in [0.717, 1.165) is 19.4 Å². The van der Waals surface area contributed by atoms with E-state index in [1.54, 1.807) is 0 Å². The van der Waals surface area contributed by atoms with Gasteiger partial charge in [-0.05, 0) is 25.3 Å². The minimum atomic E-state index is -0.390. The van der Waals surface area contributed by atoms with E-state index in [4.69, 9.17) is 23.2 Å². The number of alkyl halides is 2. The van der Waals surface area contributed by atoms with E-state index in [1.165, 1.54) is 0 Å². The van der Waals surface area contributed by atoms with Crippen LogP contribution < -0.4 is 5.32 Å². The maximum absolute atomic E-state index is 5.86. The molecule has 1 rings (SSSR count). The lowest BCUT2D eigenvalue weighted by atomic mass is 10.3. The highest BCUT2D eigenvalue weighted by atomic mass is 35.5. The third-order valence-electron chi connectivity index (χ3n) is 2.00. The highest BCUT2D eigenvalue weighted by molar-refractivity contribution is 6.50. The van der Waals surface area contributed by atoms with Gasteiger partial charge < -0.3 is 5.32 Å². The Morgan fingerprint density at radius 2 is 2.09 bits per heavy atom. The summed E-state index contributed by atoms with van der Waals surface area (Å²) in [7, 11) is 0. The SMILES string of the molecule is CC(C)NCCC1CC1(Cl)Cl. The van der Waals surface area contributed by atoms with Crippen molar-refractivity contribution in [2.45, 2.75) is 37.1 Å². The van der Waals surface area contributed by atoms with Gasteiger partial charge in [0.25, 0.3) is 0 Å². The molecule has 1 aliphatic carbocycles. The summed E-state index contributed by atoms with van der Waals surface area (Å²) < 4.78 is -0.390. The van der Waals surface area contributed by atoms with Crippen LogP contribution in [0.3, 0.4) is 0 Å². The fourth-order valence-corrected chi connectivity index (χ4v) is 1.72. The smallest absolute Gasteiger partial charge is 0.121 e. The molecule has 3 heteroatoms. The van der Waals surface area contributed by atoms with Gasteiger partial charge >= 0.3 is 0 Å². The Morgan fingerprint density at radius 3 is 2.45 bits per heavy atom. The third-order valence-corrected chi connectivity index (χ3v) is 2.93.